The highest BCUT2D eigenvalue weighted by Gasteiger charge is 2.08. The molecular formula is C26H23N7O. The maximum atomic E-state index is 12.5. The second kappa shape index (κ2) is 9.50. The highest BCUT2D eigenvalue weighted by molar-refractivity contribution is 6.01. The van der Waals surface area contributed by atoms with Crippen molar-refractivity contribution in [1.29, 1.82) is 0 Å². The van der Waals surface area contributed by atoms with Crippen LogP contribution in [-0.4, -0.2) is 37.3 Å². The summed E-state index contributed by atoms with van der Waals surface area (Å²) >= 11 is 0. The number of amides is 1. The molecule has 1 amide bonds. The highest BCUT2D eigenvalue weighted by Crippen LogP contribution is 2.21. The smallest absolute Gasteiger partial charge is 0.271 e. The number of hydrazone groups is 1. The van der Waals surface area contributed by atoms with Gasteiger partial charge in [-0.2, -0.15) is 9.90 Å². The van der Waals surface area contributed by atoms with Crippen LogP contribution in [0.25, 0.3) is 22.3 Å². The van der Waals surface area contributed by atoms with E-state index in [1.54, 1.807) is 18.3 Å². The molecule has 0 saturated carbocycles. The quantitative estimate of drug-likeness (QED) is 0.287. The fraction of sp³-hybridized carbons (Fsp3) is 0.115. The van der Waals surface area contributed by atoms with Gasteiger partial charge in [-0.3, -0.25) is 4.79 Å². The Bertz CT molecular complexity index is 1450. The third kappa shape index (κ3) is 4.47. The molecule has 3 aromatic carbocycles. The summed E-state index contributed by atoms with van der Waals surface area (Å²) in [4.78, 5) is 17.3. The van der Waals surface area contributed by atoms with Gasteiger partial charge in [0.25, 0.3) is 5.91 Å². The summed E-state index contributed by atoms with van der Waals surface area (Å²) in [7, 11) is 0. The van der Waals surface area contributed by atoms with E-state index in [9.17, 15) is 4.79 Å². The van der Waals surface area contributed by atoms with E-state index < -0.39 is 0 Å². The third-order valence-corrected chi connectivity index (χ3v) is 5.61. The number of hydrogen-bond donors (Lipinski definition) is 2. The molecule has 0 aliphatic rings. The number of H-pyrrole nitrogens is 1. The van der Waals surface area contributed by atoms with Gasteiger partial charge in [0.2, 0.25) is 5.82 Å². The Morgan fingerprint density at radius 3 is 2.68 bits per heavy atom. The molecule has 0 atom stereocenters. The van der Waals surface area contributed by atoms with Crippen LogP contribution in [0.4, 0.5) is 0 Å². The first-order valence-electron chi connectivity index (χ1n) is 11.1. The van der Waals surface area contributed by atoms with Crippen LogP contribution in [0.3, 0.4) is 0 Å². The van der Waals surface area contributed by atoms with Crippen LogP contribution in [0.2, 0.25) is 0 Å². The van der Waals surface area contributed by atoms with E-state index >= 15 is 0 Å². The summed E-state index contributed by atoms with van der Waals surface area (Å²) in [5.41, 5.74) is 8.27. The number of benzene rings is 3. The molecule has 0 fully saturated rings. The van der Waals surface area contributed by atoms with Crippen molar-refractivity contribution in [2.24, 2.45) is 5.10 Å². The van der Waals surface area contributed by atoms with Crippen molar-refractivity contribution in [2.75, 3.05) is 0 Å². The van der Waals surface area contributed by atoms with Crippen LogP contribution in [0.15, 0.2) is 84.1 Å². The normalized spacial score (nSPS) is 11.3. The summed E-state index contributed by atoms with van der Waals surface area (Å²) in [6, 6.07) is 23.1. The van der Waals surface area contributed by atoms with E-state index in [0.29, 0.717) is 17.9 Å². The Balaban J connectivity index is 1.21. The summed E-state index contributed by atoms with van der Waals surface area (Å²) in [6.07, 6.45) is 4.50. The Morgan fingerprint density at radius 2 is 1.88 bits per heavy atom. The molecule has 5 aromatic rings. The minimum atomic E-state index is -0.276. The Kier molecular flexibility index (Phi) is 5.94. The molecule has 168 valence electrons. The predicted molar refractivity (Wildman–Crippen MR) is 132 cm³/mol. The highest BCUT2D eigenvalue weighted by atomic mass is 16.2. The summed E-state index contributed by atoms with van der Waals surface area (Å²) < 4.78 is 0. The van der Waals surface area contributed by atoms with Crippen molar-refractivity contribution in [3.8, 4) is 11.4 Å². The zero-order valence-corrected chi connectivity index (χ0v) is 18.6. The fourth-order valence-corrected chi connectivity index (χ4v) is 3.80. The van der Waals surface area contributed by atoms with E-state index in [-0.39, 0.29) is 5.91 Å². The van der Waals surface area contributed by atoms with Gasteiger partial charge in [0.15, 0.2) is 0 Å². The Hall–Kier alpha value is -4.59. The first kappa shape index (κ1) is 21.3. The van der Waals surface area contributed by atoms with E-state index in [4.69, 9.17) is 0 Å². The molecule has 0 unspecified atom stereocenters. The van der Waals surface area contributed by atoms with Crippen molar-refractivity contribution in [3.63, 3.8) is 0 Å². The van der Waals surface area contributed by atoms with Gasteiger partial charge >= 0.3 is 0 Å². The second-order valence-electron chi connectivity index (χ2n) is 7.84. The van der Waals surface area contributed by atoms with Gasteiger partial charge in [-0.25, -0.2) is 5.43 Å². The van der Waals surface area contributed by atoms with Crippen molar-refractivity contribution in [1.82, 2.24) is 30.6 Å². The number of hydrogen-bond acceptors (Lipinski definition) is 5. The zero-order valence-electron chi connectivity index (χ0n) is 18.6. The largest absolute Gasteiger partial charge is 0.360 e. The molecule has 0 spiro atoms. The van der Waals surface area contributed by atoms with E-state index in [1.807, 2.05) is 60.8 Å². The van der Waals surface area contributed by atoms with Gasteiger partial charge in [-0.1, -0.05) is 67.6 Å². The number of aromatic nitrogens is 5. The van der Waals surface area contributed by atoms with Gasteiger partial charge in [0.05, 0.1) is 12.8 Å². The number of nitrogens with zero attached hydrogens (tertiary/aromatic N) is 5. The molecule has 2 aromatic heterocycles. The average molecular weight is 450 g/mol. The lowest BCUT2D eigenvalue weighted by atomic mass is 10.1. The summed E-state index contributed by atoms with van der Waals surface area (Å²) in [6.45, 7) is 2.58. The number of carbonyl (C=O) groups is 1. The van der Waals surface area contributed by atoms with Crippen molar-refractivity contribution < 1.29 is 4.79 Å². The van der Waals surface area contributed by atoms with Gasteiger partial charge in [0.1, 0.15) is 0 Å². The number of fused-ring (bicyclic) bond motifs is 1. The van der Waals surface area contributed by atoms with E-state index in [0.717, 1.165) is 34.0 Å². The number of aryl methyl sites for hydroxylation is 1. The molecule has 2 N–H and O–H groups in total. The number of aromatic amines is 1. The third-order valence-electron chi connectivity index (χ3n) is 5.61. The fourth-order valence-electron chi connectivity index (χ4n) is 3.80. The summed E-state index contributed by atoms with van der Waals surface area (Å²) in [5.74, 6) is 0.303. The van der Waals surface area contributed by atoms with Gasteiger partial charge < -0.3 is 4.98 Å². The predicted octanol–water partition coefficient (Wildman–Crippen LogP) is 4.20. The molecule has 8 heteroatoms. The molecule has 5 rings (SSSR count). The number of para-hydroxylation sites is 1. The standard InChI is InChI=1S/C26H23N7O/c1-2-19-9-6-10-23-22(15-27-24(19)23)16-28-30-26(34)21-13-11-18(12-14-21)17-33-31-25(29-32-33)20-7-4-3-5-8-20/h3-16,27H,2,17H2,1H3,(H,30,34)/b28-16+. The minimum absolute atomic E-state index is 0.276. The number of nitrogens with one attached hydrogen (secondary N) is 2. The molecule has 0 aliphatic heterocycles. The van der Waals surface area contributed by atoms with Gasteiger partial charge in [0, 0.05) is 33.8 Å². The SMILES string of the molecule is CCc1cccc2c(/C=N/NC(=O)c3ccc(Cn4nnc(-c5ccccc5)n4)cc3)c[nH]c12. The van der Waals surface area contributed by atoms with Crippen molar-refractivity contribution in [3.05, 3.63) is 101 Å². The molecule has 0 aliphatic carbocycles. The van der Waals surface area contributed by atoms with Gasteiger partial charge in [-0.15, -0.1) is 10.2 Å². The van der Waals surface area contributed by atoms with Crippen molar-refractivity contribution >= 4 is 23.0 Å². The number of carbonyl (C=O) groups excluding carboxylic acids is 1. The molecular weight excluding hydrogens is 426 g/mol. The zero-order chi connectivity index (χ0) is 23.3. The number of rotatable bonds is 7. The van der Waals surface area contributed by atoms with E-state index in [1.165, 1.54) is 10.4 Å². The van der Waals surface area contributed by atoms with Crippen LogP contribution in [0.5, 0.6) is 0 Å². The molecule has 0 saturated heterocycles. The minimum Gasteiger partial charge on any atom is -0.360 e. The first-order chi connectivity index (χ1) is 16.7. The van der Waals surface area contributed by atoms with Crippen LogP contribution in [-0.2, 0) is 13.0 Å². The van der Waals surface area contributed by atoms with Crippen molar-refractivity contribution in [2.45, 2.75) is 19.9 Å². The molecule has 2 heterocycles. The maximum absolute atomic E-state index is 12.5. The van der Waals surface area contributed by atoms with Crippen LogP contribution in [0, 0.1) is 0 Å². The Morgan fingerprint density at radius 1 is 1.06 bits per heavy atom. The molecule has 8 nitrogen and oxygen atoms in total. The van der Waals surface area contributed by atoms with E-state index in [2.05, 4.69) is 43.9 Å². The topological polar surface area (TPSA) is 101 Å². The molecule has 0 bridgehead atoms. The summed E-state index contributed by atoms with van der Waals surface area (Å²) in [5, 5.41) is 17.9. The Labute approximate surface area is 196 Å². The second-order valence-corrected chi connectivity index (χ2v) is 7.84. The lowest BCUT2D eigenvalue weighted by molar-refractivity contribution is 0.0955. The molecule has 34 heavy (non-hydrogen) atoms. The monoisotopic (exact) mass is 449 g/mol. The average Bonchev–Trinajstić information content (AvgIpc) is 3.52. The molecule has 0 radical (unpaired) electrons. The van der Waals surface area contributed by atoms with Crippen LogP contribution in [0.1, 0.15) is 34.0 Å². The lowest BCUT2D eigenvalue weighted by Gasteiger charge is -2.03. The maximum Gasteiger partial charge on any atom is 0.271 e. The van der Waals surface area contributed by atoms with Crippen LogP contribution < -0.4 is 5.43 Å². The van der Waals surface area contributed by atoms with Gasteiger partial charge in [-0.05, 0) is 34.9 Å². The lowest BCUT2D eigenvalue weighted by Crippen LogP contribution is -2.17. The number of tetrazole rings is 1. The van der Waals surface area contributed by atoms with Crippen LogP contribution >= 0.6 is 0 Å². The first-order valence-corrected chi connectivity index (χ1v) is 11.1.